The Morgan fingerprint density at radius 2 is 2.14 bits per heavy atom. The van der Waals surface area contributed by atoms with E-state index < -0.39 is 0 Å². The maximum absolute atomic E-state index is 12.3. The minimum Gasteiger partial charge on any atom is -0.496 e. The van der Waals surface area contributed by atoms with Crippen molar-refractivity contribution in [3.05, 3.63) is 58.3 Å². The topological polar surface area (TPSA) is 42.4 Å². The number of pyridine rings is 1. The smallest absolute Gasteiger partial charge is 0.176 e. The molecule has 0 bridgehead atoms. The van der Waals surface area contributed by atoms with E-state index in [0.717, 1.165) is 10.2 Å². The molecule has 110 valence electrons. The monoisotopic (exact) mass is 348 g/mol. The molecule has 0 aliphatic rings. The van der Waals surface area contributed by atoms with Crippen molar-refractivity contribution in [2.75, 3.05) is 20.7 Å². The highest BCUT2D eigenvalue weighted by molar-refractivity contribution is 9.10. The van der Waals surface area contributed by atoms with Crippen LogP contribution in [0.3, 0.4) is 0 Å². The van der Waals surface area contributed by atoms with Gasteiger partial charge in [0, 0.05) is 18.3 Å². The molecule has 0 amide bonds. The van der Waals surface area contributed by atoms with Gasteiger partial charge in [0.1, 0.15) is 5.75 Å². The molecule has 1 aromatic heterocycles. The summed E-state index contributed by atoms with van der Waals surface area (Å²) in [6.45, 7) is 0.985. The van der Waals surface area contributed by atoms with Gasteiger partial charge >= 0.3 is 0 Å². The number of aromatic nitrogens is 1. The number of benzene rings is 1. The quantitative estimate of drug-likeness (QED) is 0.752. The fourth-order valence-electron chi connectivity index (χ4n) is 2.00. The molecule has 0 unspecified atom stereocenters. The van der Waals surface area contributed by atoms with Gasteiger partial charge in [-0.25, -0.2) is 0 Å². The standard InChI is InChI=1S/C16H17BrN2O2/c1-19(10-13-5-3-4-8-18-13)11-15(20)12-6-7-16(21-2)14(17)9-12/h3-9H,10-11H2,1-2H3. The average Bonchev–Trinajstić information content (AvgIpc) is 2.48. The van der Waals surface area contributed by atoms with Crippen molar-refractivity contribution in [2.45, 2.75) is 6.54 Å². The van der Waals surface area contributed by atoms with Crippen molar-refractivity contribution in [3.63, 3.8) is 0 Å². The third kappa shape index (κ3) is 4.37. The highest BCUT2D eigenvalue weighted by Gasteiger charge is 2.12. The molecule has 1 heterocycles. The van der Waals surface area contributed by atoms with Crippen LogP contribution in [0.1, 0.15) is 16.1 Å². The first-order valence-corrected chi connectivity index (χ1v) is 7.34. The second kappa shape index (κ2) is 7.33. The summed E-state index contributed by atoms with van der Waals surface area (Å²) in [6, 6.07) is 11.1. The Labute approximate surface area is 132 Å². The van der Waals surface area contributed by atoms with E-state index in [0.29, 0.717) is 24.4 Å². The number of ketones is 1. The molecule has 4 nitrogen and oxygen atoms in total. The molecule has 5 heteroatoms. The Morgan fingerprint density at radius 3 is 2.76 bits per heavy atom. The van der Waals surface area contributed by atoms with Crippen LogP contribution in [0.4, 0.5) is 0 Å². The van der Waals surface area contributed by atoms with Crippen molar-refractivity contribution >= 4 is 21.7 Å². The van der Waals surface area contributed by atoms with Gasteiger partial charge in [0.2, 0.25) is 0 Å². The highest BCUT2D eigenvalue weighted by Crippen LogP contribution is 2.25. The Kier molecular flexibility index (Phi) is 5.47. The fourth-order valence-corrected chi connectivity index (χ4v) is 2.54. The molecule has 0 fully saturated rings. The predicted molar refractivity (Wildman–Crippen MR) is 85.6 cm³/mol. The van der Waals surface area contributed by atoms with Crippen molar-refractivity contribution in [3.8, 4) is 5.75 Å². The molecule has 0 N–H and O–H groups in total. The summed E-state index contributed by atoms with van der Waals surface area (Å²) >= 11 is 3.39. The molecule has 0 saturated carbocycles. The van der Waals surface area contributed by atoms with E-state index in [1.807, 2.05) is 30.1 Å². The molecule has 0 aliphatic heterocycles. The lowest BCUT2D eigenvalue weighted by Crippen LogP contribution is -2.26. The highest BCUT2D eigenvalue weighted by atomic mass is 79.9. The van der Waals surface area contributed by atoms with E-state index in [2.05, 4.69) is 20.9 Å². The number of carbonyl (C=O) groups is 1. The van der Waals surface area contributed by atoms with Gasteiger partial charge in [0.25, 0.3) is 0 Å². The van der Waals surface area contributed by atoms with Crippen molar-refractivity contribution in [1.82, 2.24) is 9.88 Å². The number of hydrogen-bond donors (Lipinski definition) is 0. The summed E-state index contributed by atoms with van der Waals surface area (Å²) in [5.74, 6) is 0.783. The van der Waals surface area contributed by atoms with E-state index in [1.165, 1.54) is 0 Å². The molecule has 0 atom stereocenters. The lowest BCUT2D eigenvalue weighted by molar-refractivity contribution is 0.0942. The molecule has 21 heavy (non-hydrogen) atoms. The Hall–Kier alpha value is -1.72. The van der Waals surface area contributed by atoms with Crippen molar-refractivity contribution in [1.29, 1.82) is 0 Å². The summed E-state index contributed by atoms with van der Waals surface area (Å²) in [5.41, 5.74) is 1.61. The summed E-state index contributed by atoms with van der Waals surface area (Å²) in [6.07, 6.45) is 1.76. The van der Waals surface area contributed by atoms with Gasteiger partial charge in [-0.2, -0.15) is 0 Å². The minimum atomic E-state index is 0.0665. The van der Waals surface area contributed by atoms with Gasteiger partial charge in [-0.05, 0) is 53.3 Å². The molecular formula is C16H17BrN2O2. The van der Waals surface area contributed by atoms with Crippen LogP contribution in [0.2, 0.25) is 0 Å². The molecular weight excluding hydrogens is 332 g/mol. The molecule has 0 saturated heterocycles. The summed E-state index contributed by atoms with van der Waals surface area (Å²) < 4.78 is 5.94. The molecule has 2 rings (SSSR count). The van der Waals surface area contributed by atoms with Crippen LogP contribution in [-0.2, 0) is 6.54 Å². The number of nitrogens with zero attached hydrogens (tertiary/aromatic N) is 2. The number of ether oxygens (including phenoxy) is 1. The second-order valence-corrected chi connectivity index (χ2v) is 5.62. The van der Waals surface area contributed by atoms with Crippen LogP contribution in [0, 0.1) is 0 Å². The van der Waals surface area contributed by atoms with Gasteiger partial charge in [-0.15, -0.1) is 0 Å². The zero-order valence-electron chi connectivity index (χ0n) is 12.0. The van der Waals surface area contributed by atoms with Gasteiger partial charge in [-0.1, -0.05) is 6.07 Å². The Morgan fingerprint density at radius 1 is 1.33 bits per heavy atom. The van der Waals surface area contributed by atoms with E-state index in [-0.39, 0.29) is 5.78 Å². The fraction of sp³-hybridized carbons (Fsp3) is 0.250. The summed E-state index contributed by atoms with van der Waals surface area (Å²) in [4.78, 5) is 18.5. The number of Topliss-reactive ketones (excluding diaryl/α,β-unsaturated/α-hetero) is 1. The first kappa shape index (κ1) is 15.7. The van der Waals surface area contributed by atoms with E-state index in [9.17, 15) is 4.79 Å². The summed E-state index contributed by atoms with van der Waals surface area (Å²) in [7, 11) is 3.51. The van der Waals surface area contributed by atoms with Crippen LogP contribution in [0.15, 0.2) is 47.1 Å². The van der Waals surface area contributed by atoms with Gasteiger partial charge in [0.05, 0.1) is 23.8 Å². The number of rotatable bonds is 6. The van der Waals surface area contributed by atoms with E-state index in [4.69, 9.17) is 4.74 Å². The van der Waals surface area contributed by atoms with Crippen molar-refractivity contribution < 1.29 is 9.53 Å². The Bertz CT molecular complexity index is 617. The molecule has 1 aromatic carbocycles. The molecule has 0 spiro atoms. The first-order chi connectivity index (χ1) is 10.1. The Balaban J connectivity index is 1.99. The zero-order chi connectivity index (χ0) is 15.2. The van der Waals surface area contributed by atoms with Gasteiger partial charge in [-0.3, -0.25) is 14.7 Å². The largest absolute Gasteiger partial charge is 0.496 e. The first-order valence-electron chi connectivity index (χ1n) is 6.55. The second-order valence-electron chi connectivity index (χ2n) is 4.77. The third-order valence-corrected chi connectivity index (χ3v) is 3.67. The van der Waals surface area contributed by atoms with Gasteiger partial charge < -0.3 is 4.74 Å². The molecule has 2 aromatic rings. The van der Waals surface area contributed by atoms with Crippen LogP contribution >= 0.6 is 15.9 Å². The van der Waals surface area contributed by atoms with Crippen LogP contribution in [0.5, 0.6) is 5.75 Å². The maximum atomic E-state index is 12.3. The maximum Gasteiger partial charge on any atom is 0.176 e. The van der Waals surface area contributed by atoms with E-state index in [1.54, 1.807) is 31.5 Å². The van der Waals surface area contributed by atoms with Crippen LogP contribution < -0.4 is 4.74 Å². The predicted octanol–water partition coefficient (Wildman–Crippen LogP) is 3.17. The number of methoxy groups -OCH3 is 1. The molecule has 0 aliphatic carbocycles. The van der Waals surface area contributed by atoms with Gasteiger partial charge in [0.15, 0.2) is 5.78 Å². The normalized spacial score (nSPS) is 10.7. The minimum absolute atomic E-state index is 0.0665. The van der Waals surface area contributed by atoms with E-state index >= 15 is 0 Å². The molecule has 0 radical (unpaired) electrons. The van der Waals surface area contributed by atoms with Crippen LogP contribution in [-0.4, -0.2) is 36.4 Å². The third-order valence-electron chi connectivity index (χ3n) is 3.05. The van der Waals surface area contributed by atoms with Crippen LogP contribution in [0.25, 0.3) is 0 Å². The number of carbonyl (C=O) groups excluding carboxylic acids is 1. The lowest BCUT2D eigenvalue weighted by Gasteiger charge is -2.15. The lowest BCUT2D eigenvalue weighted by atomic mass is 10.1. The summed E-state index contributed by atoms with van der Waals surface area (Å²) in [5, 5.41) is 0. The number of likely N-dealkylation sites (N-methyl/N-ethyl adjacent to an activating group) is 1. The SMILES string of the molecule is COc1ccc(C(=O)CN(C)Cc2ccccn2)cc1Br. The zero-order valence-corrected chi connectivity index (χ0v) is 13.6. The average molecular weight is 349 g/mol. The number of hydrogen-bond acceptors (Lipinski definition) is 4. The van der Waals surface area contributed by atoms with Crippen molar-refractivity contribution in [2.24, 2.45) is 0 Å². The number of halogens is 1.